The second-order valence-electron chi connectivity index (χ2n) is 18.6. The SMILES string of the molecule is CC/C=C\C/C=C\C/C=C\C/C=C\C/C=C\CCCCCC(=O)OC1CCC2(C)C(=CCC3C2CCC2(C)C(C(C)CCC(CC)C(C)C)CCC32)C1. The molecule has 0 amide bonds. The molecule has 0 aromatic carbocycles. The van der Waals surface area contributed by atoms with Crippen LogP contribution < -0.4 is 0 Å². The van der Waals surface area contributed by atoms with Crippen LogP contribution in [0.5, 0.6) is 0 Å². The van der Waals surface area contributed by atoms with Crippen LogP contribution in [0.2, 0.25) is 0 Å². The fraction of sp³-hybridized carbons (Fsp3) is 0.745. The summed E-state index contributed by atoms with van der Waals surface area (Å²) in [6.45, 7) is 17.3. The first-order chi connectivity index (χ1) is 25.6. The molecular weight excluding hydrogens is 645 g/mol. The monoisotopic (exact) mass is 727 g/mol. The number of allylic oxidation sites excluding steroid dienone is 11. The van der Waals surface area contributed by atoms with Gasteiger partial charge in [0.25, 0.3) is 0 Å². The first-order valence-electron chi connectivity index (χ1n) is 22.8. The fourth-order valence-electron chi connectivity index (χ4n) is 11.7. The molecule has 2 heteroatoms. The lowest BCUT2D eigenvalue weighted by atomic mass is 9.47. The molecule has 0 spiro atoms. The van der Waals surface area contributed by atoms with Gasteiger partial charge in [-0.25, -0.2) is 0 Å². The second-order valence-corrected chi connectivity index (χ2v) is 18.6. The highest BCUT2D eigenvalue weighted by Crippen LogP contribution is 2.67. The molecule has 53 heavy (non-hydrogen) atoms. The molecule has 0 radical (unpaired) electrons. The number of carbonyl (C=O) groups is 1. The van der Waals surface area contributed by atoms with E-state index in [0.717, 1.165) is 112 Å². The molecule has 0 saturated heterocycles. The van der Waals surface area contributed by atoms with Crippen molar-refractivity contribution in [3.8, 4) is 0 Å². The zero-order valence-electron chi connectivity index (χ0n) is 35.6. The predicted molar refractivity (Wildman–Crippen MR) is 230 cm³/mol. The van der Waals surface area contributed by atoms with E-state index >= 15 is 0 Å². The minimum Gasteiger partial charge on any atom is -0.462 e. The van der Waals surface area contributed by atoms with E-state index in [9.17, 15) is 4.79 Å². The third kappa shape index (κ3) is 12.5. The van der Waals surface area contributed by atoms with Gasteiger partial charge in [-0.05, 0) is 155 Å². The topological polar surface area (TPSA) is 26.3 Å². The molecule has 3 saturated carbocycles. The van der Waals surface area contributed by atoms with E-state index < -0.39 is 0 Å². The van der Waals surface area contributed by atoms with Gasteiger partial charge in [0, 0.05) is 12.8 Å². The van der Waals surface area contributed by atoms with Crippen LogP contribution in [-0.4, -0.2) is 12.1 Å². The van der Waals surface area contributed by atoms with E-state index in [1.165, 1.54) is 57.8 Å². The molecule has 0 N–H and O–H groups in total. The van der Waals surface area contributed by atoms with Crippen LogP contribution in [0.15, 0.2) is 72.4 Å². The molecule has 2 nitrogen and oxygen atoms in total. The number of hydrogen-bond donors (Lipinski definition) is 0. The van der Waals surface area contributed by atoms with E-state index in [1.807, 2.05) is 0 Å². The first kappa shape index (κ1) is 43.6. The Bertz CT molecular complexity index is 1260. The van der Waals surface area contributed by atoms with Gasteiger partial charge in [0.05, 0.1) is 0 Å². The Kier molecular flexibility index (Phi) is 18.5. The lowest BCUT2D eigenvalue weighted by Crippen LogP contribution is -2.51. The molecule has 0 aromatic rings. The number of rotatable bonds is 22. The predicted octanol–water partition coefficient (Wildman–Crippen LogP) is 15.3. The van der Waals surface area contributed by atoms with Gasteiger partial charge in [-0.2, -0.15) is 0 Å². The summed E-state index contributed by atoms with van der Waals surface area (Å²) < 4.78 is 6.13. The van der Waals surface area contributed by atoms with Gasteiger partial charge in [-0.3, -0.25) is 4.79 Å². The quantitative estimate of drug-likeness (QED) is 0.0631. The molecule has 4 rings (SSSR count). The summed E-state index contributed by atoms with van der Waals surface area (Å²) >= 11 is 0. The van der Waals surface area contributed by atoms with E-state index in [-0.39, 0.29) is 12.1 Å². The van der Waals surface area contributed by atoms with Crippen LogP contribution in [0, 0.1) is 52.3 Å². The lowest BCUT2D eigenvalue weighted by Gasteiger charge is -2.58. The molecule has 0 aromatic heterocycles. The number of ether oxygens (including phenoxy) is 1. The van der Waals surface area contributed by atoms with Gasteiger partial charge >= 0.3 is 5.97 Å². The minimum absolute atomic E-state index is 0.0287. The minimum atomic E-state index is 0.0287. The average Bonchev–Trinajstić information content (AvgIpc) is 3.50. The van der Waals surface area contributed by atoms with Crippen molar-refractivity contribution < 1.29 is 9.53 Å². The lowest BCUT2D eigenvalue weighted by molar-refractivity contribution is -0.151. The molecule has 0 heterocycles. The molecule has 4 aliphatic carbocycles. The van der Waals surface area contributed by atoms with Gasteiger partial charge in [0.1, 0.15) is 6.10 Å². The largest absolute Gasteiger partial charge is 0.462 e. The summed E-state index contributed by atoms with van der Waals surface area (Å²) in [7, 11) is 0. The van der Waals surface area contributed by atoms with E-state index in [4.69, 9.17) is 4.74 Å². The normalized spacial score (nSPS) is 31.5. The van der Waals surface area contributed by atoms with E-state index in [0.29, 0.717) is 17.3 Å². The zero-order chi connectivity index (χ0) is 38.1. The Labute approximate surface area is 328 Å². The average molecular weight is 727 g/mol. The highest BCUT2D eigenvalue weighted by Gasteiger charge is 2.59. The first-order valence-corrected chi connectivity index (χ1v) is 22.8. The summed E-state index contributed by atoms with van der Waals surface area (Å²) in [5, 5.41) is 0. The second kappa shape index (κ2) is 22.5. The molecular formula is C51H82O2. The third-order valence-corrected chi connectivity index (χ3v) is 15.0. The summed E-state index contributed by atoms with van der Waals surface area (Å²) in [6, 6.07) is 0. The fourth-order valence-corrected chi connectivity index (χ4v) is 11.7. The summed E-state index contributed by atoms with van der Waals surface area (Å²) in [4.78, 5) is 12.9. The van der Waals surface area contributed by atoms with Crippen molar-refractivity contribution in [2.75, 3.05) is 0 Å². The molecule has 3 fully saturated rings. The zero-order valence-corrected chi connectivity index (χ0v) is 35.6. The summed E-state index contributed by atoms with van der Waals surface area (Å²) in [6.07, 6.45) is 49.6. The van der Waals surface area contributed by atoms with Gasteiger partial charge in [0.15, 0.2) is 0 Å². The van der Waals surface area contributed by atoms with Crippen molar-refractivity contribution in [1.29, 1.82) is 0 Å². The summed E-state index contributed by atoms with van der Waals surface area (Å²) in [5.41, 5.74) is 2.47. The van der Waals surface area contributed by atoms with Crippen molar-refractivity contribution in [3.05, 3.63) is 72.4 Å². The van der Waals surface area contributed by atoms with Crippen LogP contribution in [0.4, 0.5) is 0 Å². The number of esters is 1. The Morgan fingerprint density at radius 2 is 1.43 bits per heavy atom. The maximum atomic E-state index is 12.9. The van der Waals surface area contributed by atoms with Crippen LogP contribution in [0.25, 0.3) is 0 Å². The van der Waals surface area contributed by atoms with Crippen LogP contribution in [-0.2, 0) is 9.53 Å². The molecule has 298 valence electrons. The molecule has 4 aliphatic rings. The molecule has 9 unspecified atom stereocenters. The Hall–Kier alpha value is -2.09. The van der Waals surface area contributed by atoms with Crippen LogP contribution in [0.3, 0.4) is 0 Å². The number of unbranched alkanes of at least 4 members (excludes halogenated alkanes) is 3. The van der Waals surface area contributed by atoms with Crippen molar-refractivity contribution >= 4 is 5.97 Å². The molecule has 9 atom stereocenters. The van der Waals surface area contributed by atoms with Crippen molar-refractivity contribution in [2.24, 2.45) is 52.3 Å². The smallest absolute Gasteiger partial charge is 0.306 e. The van der Waals surface area contributed by atoms with Gasteiger partial charge in [-0.1, -0.05) is 140 Å². The molecule has 0 bridgehead atoms. The standard InChI is InChI=1S/C51H82O2/c1-8-10-11-12-13-14-15-16-17-18-19-20-21-22-23-24-25-26-27-28-49(52)53-44-35-37-50(6)43(39-44)31-32-45-47-34-33-46(51(47,7)38-36-48(45)50)41(5)29-30-42(9-2)40(3)4/h10-11,13-14,16-17,19-20,22-23,31,40-42,44-48H,8-9,12,15,18,21,24-30,32-39H2,1-7H3/b11-10-,14-13-,17-16-,20-19-,23-22-. The highest BCUT2D eigenvalue weighted by atomic mass is 16.5. The van der Waals surface area contributed by atoms with E-state index in [1.54, 1.807) is 5.57 Å². The van der Waals surface area contributed by atoms with E-state index in [2.05, 4.69) is 115 Å². The van der Waals surface area contributed by atoms with Gasteiger partial charge < -0.3 is 4.74 Å². The highest BCUT2D eigenvalue weighted by molar-refractivity contribution is 5.69. The molecule has 0 aliphatic heterocycles. The third-order valence-electron chi connectivity index (χ3n) is 15.0. The Morgan fingerprint density at radius 1 is 0.774 bits per heavy atom. The van der Waals surface area contributed by atoms with Crippen molar-refractivity contribution in [1.82, 2.24) is 0 Å². The van der Waals surface area contributed by atoms with Gasteiger partial charge in [0.2, 0.25) is 0 Å². The number of hydrogen-bond acceptors (Lipinski definition) is 2. The van der Waals surface area contributed by atoms with Gasteiger partial charge in [-0.15, -0.1) is 0 Å². The Balaban J connectivity index is 1.11. The maximum absolute atomic E-state index is 12.9. The Morgan fingerprint density at radius 3 is 2.08 bits per heavy atom. The van der Waals surface area contributed by atoms with Crippen LogP contribution >= 0.6 is 0 Å². The van der Waals surface area contributed by atoms with Crippen molar-refractivity contribution in [2.45, 2.75) is 189 Å². The summed E-state index contributed by atoms with van der Waals surface area (Å²) in [5.74, 6) is 6.06. The number of carbonyl (C=O) groups excluding carboxylic acids is 1. The van der Waals surface area contributed by atoms with Crippen LogP contribution in [0.1, 0.15) is 183 Å². The number of fused-ring (bicyclic) bond motifs is 5. The van der Waals surface area contributed by atoms with Crippen molar-refractivity contribution in [3.63, 3.8) is 0 Å². The maximum Gasteiger partial charge on any atom is 0.306 e.